The van der Waals surface area contributed by atoms with Gasteiger partial charge >= 0.3 is 0 Å². The van der Waals surface area contributed by atoms with Crippen molar-refractivity contribution in [1.82, 2.24) is 4.90 Å². The number of carbonyl (C=O) groups excluding carboxylic acids is 1. The average Bonchev–Trinajstić information content (AvgIpc) is 2.32. The summed E-state index contributed by atoms with van der Waals surface area (Å²) in [6.45, 7) is 8.39. The first-order valence-corrected chi connectivity index (χ1v) is 7.52. The molecule has 0 saturated carbocycles. The molecule has 0 spiro atoms. The fourth-order valence-electron chi connectivity index (χ4n) is 2.28. The summed E-state index contributed by atoms with van der Waals surface area (Å²) in [7, 11) is 0. The fraction of sp³-hybridized carbons (Fsp3) is 0.533. The molecule has 2 rings (SSSR count). The maximum absolute atomic E-state index is 12.4. The molecule has 1 aliphatic heterocycles. The predicted octanol–water partition coefficient (Wildman–Crippen LogP) is 3.86. The van der Waals surface area contributed by atoms with E-state index in [2.05, 4.69) is 43.4 Å². The molecule has 1 aromatic rings. The average molecular weight is 357 g/mol. The van der Waals surface area contributed by atoms with Crippen molar-refractivity contribution in [1.29, 1.82) is 0 Å². The number of halogens is 1. The number of amides is 1. The lowest BCUT2D eigenvalue weighted by Gasteiger charge is -2.37. The lowest BCUT2D eigenvalue weighted by Crippen LogP contribution is -2.41. The van der Waals surface area contributed by atoms with Crippen molar-refractivity contribution < 1.29 is 4.79 Å². The van der Waals surface area contributed by atoms with Gasteiger partial charge in [0, 0.05) is 22.2 Å². The van der Waals surface area contributed by atoms with Crippen LogP contribution in [0.5, 0.6) is 0 Å². The van der Waals surface area contributed by atoms with Crippen molar-refractivity contribution in [2.45, 2.75) is 33.6 Å². The van der Waals surface area contributed by atoms with Gasteiger partial charge in [-0.1, -0.05) is 13.8 Å². The van der Waals surface area contributed by atoms with Crippen molar-refractivity contribution in [2.24, 2.45) is 5.41 Å². The van der Waals surface area contributed by atoms with Crippen molar-refractivity contribution in [3.63, 3.8) is 0 Å². The highest BCUT2D eigenvalue weighted by molar-refractivity contribution is 14.1. The van der Waals surface area contributed by atoms with Gasteiger partial charge in [-0.3, -0.25) is 4.79 Å². The van der Waals surface area contributed by atoms with Gasteiger partial charge in [-0.2, -0.15) is 0 Å². The van der Waals surface area contributed by atoms with E-state index < -0.39 is 0 Å². The number of piperidine rings is 1. The Morgan fingerprint density at radius 1 is 1.28 bits per heavy atom. The van der Waals surface area contributed by atoms with Crippen LogP contribution in [0, 0.1) is 15.9 Å². The molecule has 18 heavy (non-hydrogen) atoms. The van der Waals surface area contributed by atoms with Gasteiger partial charge in [0.1, 0.15) is 0 Å². The van der Waals surface area contributed by atoms with Gasteiger partial charge in [0.25, 0.3) is 5.91 Å². The van der Waals surface area contributed by atoms with E-state index in [1.165, 1.54) is 9.13 Å². The molecule has 1 fully saturated rings. The third-order valence-corrected chi connectivity index (χ3v) is 5.02. The van der Waals surface area contributed by atoms with E-state index in [9.17, 15) is 4.79 Å². The van der Waals surface area contributed by atoms with Crippen molar-refractivity contribution in [2.75, 3.05) is 13.1 Å². The van der Waals surface area contributed by atoms with E-state index in [1.54, 1.807) is 0 Å². The van der Waals surface area contributed by atoms with E-state index in [0.29, 0.717) is 5.41 Å². The number of hydrogen-bond acceptors (Lipinski definition) is 1. The Morgan fingerprint density at radius 2 is 1.89 bits per heavy atom. The van der Waals surface area contributed by atoms with Gasteiger partial charge in [-0.05, 0) is 71.5 Å². The molecule has 0 radical (unpaired) electrons. The smallest absolute Gasteiger partial charge is 0.253 e. The standard InChI is InChI=1S/C15H20INO/c1-11-10-12(4-5-13(11)16)14(18)17-8-6-15(2,3)7-9-17/h4-5,10H,6-9H2,1-3H3. The molecule has 98 valence electrons. The van der Waals surface area contributed by atoms with Crippen LogP contribution in [-0.4, -0.2) is 23.9 Å². The molecule has 2 nitrogen and oxygen atoms in total. The zero-order valence-corrected chi connectivity index (χ0v) is 13.5. The van der Waals surface area contributed by atoms with Crippen LogP contribution in [0.4, 0.5) is 0 Å². The Kier molecular flexibility index (Phi) is 3.99. The molecule has 0 bridgehead atoms. The number of aryl methyl sites for hydroxylation is 1. The van der Waals surface area contributed by atoms with Crippen LogP contribution in [-0.2, 0) is 0 Å². The summed E-state index contributed by atoms with van der Waals surface area (Å²) in [6.07, 6.45) is 2.20. The normalized spacial score (nSPS) is 18.8. The number of benzene rings is 1. The van der Waals surface area contributed by atoms with Gasteiger partial charge < -0.3 is 4.90 Å². The highest BCUT2D eigenvalue weighted by Gasteiger charge is 2.28. The van der Waals surface area contributed by atoms with Crippen molar-refractivity contribution >= 4 is 28.5 Å². The van der Waals surface area contributed by atoms with Crippen LogP contribution < -0.4 is 0 Å². The summed E-state index contributed by atoms with van der Waals surface area (Å²) >= 11 is 2.30. The number of hydrogen-bond donors (Lipinski definition) is 0. The van der Waals surface area contributed by atoms with Gasteiger partial charge in [-0.15, -0.1) is 0 Å². The Balaban J connectivity index is 2.10. The highest BCUT2D eigenvalue weighted by atomic mass is 127. The third-order valence-electron chi connectivity index (χ3n) is 3.81. The summed E-state index contributed by atoms with van der Waals surface area (Å²) in [4.78, 5) is 14.4. The molecule has 0 unspecified atom stereocenters. The minimum Gasteiger partial charge on any atom is -0.339 e. The van der Waals surface area contributed by atoms with Gasteiger partial charge in [-0.25, -0.2) is 0 Å². The van der Waals surface area contributed by atoms with Gasteiger partial charge in [0.05, 0.1) is 0 Å². The molecular formula is C15H20INO. The molecule has 1 aromatic carbocycles. The molecule has 1 amide bonds. The second kappa shape index (κ2) is 5.19. The van der Waals surface area contributed by atoms with Gasteiger partial charge in [0.15, 0.2) is 0 Å². The minimum atomic E-state index is 0.185. The van der Waals surface area contributed by atoms with Crippen LogP contribution in [0.2, 0.25) is 0 Å². The Morgan fingerprint density at radius 3 is 2.44 bits per heavy atom. The van der Waals surface area contributed by atoms with E-state index >= 15 is 0 Å². The molecule has 0 aliphatic carbocycles. The quantitative estimate of drug-likeness (QED) is 0.699. The summed E-state index contributed by atoms with van der Waals surface area (Å²) in [5.74, 6) is 0.185. The number of rotatable bonds is 1. The molecule has 1 heterocycles. The lowest BCUT2D eigenvalue weighted by atomic mass is 9.82. The molecule has 0 aromatic heterocycles. The van der Waals surface area contributed by atoms with Gasteiger partial charge in [0.2, 0.25) is 0 Å². The van der Waals surface area contributed by atoms with Crippen molar-refractivity contribution in [3.05, 3.63) is 32.9 Å². The SMILES string of the molecule is Cc1cc(C(=O)N2CCC(C)(C)CC2)ccc1I. The summed E-state index contributed by atoms with van der Waals surface area (Å²) in [6, 6.07) is 5.97. The second-order valence-corrected chi connectivity index (χ2v) is 7.08. The zero-order chi connectivity index (χ0) is 13.3. The maximum Gasteiger partial charge on any atom is 0.253 e. The summed E-state index contributed by atoms with van der Waals surface area (Å²) in [5, 5.41) is 0. The summed E-state index contributed by atoms with van der Waals surface area (Å²) in [5.41, 5.74) is 2.39. The van der Waals surface area contributed by atoms with Crippen LogP contribution >= 0.6 is 22.6 Å². The topological polar surface area (TPSA) is 20.3 Å². The minimum absolute atomic E-state index is 0.185. The van der Waals surface area contributed by atoms with Crippen LogP contribution in [0.15, 0.2) is 18.2 Å². The lowest BCUT2D eigenvalue weighted by molar-refractivity contribution is 0.0630. The van der Waals surface area contributed by atoms with Crippen molar-refractivity contribution in [3.8, 4) is 0 Å². The molecule has 0 N–H and O–H groups in total. The Hall–Kier alpha value is -0.580. The molecule has 0 atom stereocenters. The largest absolute Gasteiger partial charge is 0.339 e. The molecule has 3 heteroatoms. The predicted molar refractivity (Wildman–Crippen MR) is 82.8 cm³/mol. The zero-order valence-electron chi connectivity index (χ0n) is 11.3. The Labute approximate surface area is 123 Å². The van der Waals surface area contributed by atoms with Crippen LogP contribution in [0.1, 0.15) is 42.6 Å². The Bertz CT molecular complexity index is 458. The fourth-order valence-corrected chi connectivity index (χ4v) is 2.61. The first-order valence-electron chi connectivity index (χ1n) is 6.44. The number of likely N-dealkylation sites (tertiary alicyclic amines) is 1. The summed E-state index contributed by atoms with van der Waals surface area (Å²) < 4.78 is 1.21. The third kappa shape index (κ3) is 3.05. The number of carbonyl (C=O) groups is 1. The monoisotopic (exact) mass is 357 g/mol. The first kappa shape index (κ1) is 13.8. The molecule has 1 aliphatic rings. The van der Waals surface area contributed by atoms with Crippen LogP contribution in [0.25, 0.3) is 0 Å². The first-order chi connectivity index (χ1) is 8.39. The van der Waals surface area contributed by atoms with E-state index in [1.807, 2.05) is 23.1 Å². The second-order valence-electron chi connectivity index (χ2n) is 5.92. The molecule has 1 saturated heterocycles. The van der Waals surface area contributed by atoms with Crippen LogP contribution in [0.3, 0.4) is 0 Å². The van der Waals surface area contributed by atoms with E-state index in [0.717, 1.165) is 31.5 Å². The number of nitrogens with zero attached hydrogens (tertiary/aromatic N) is 1. The maximum atomic E-state index is 12.4. The molecular weight excluding hydrogens is 337 g/mol. The van der Waals surface area contributed by atoms with E-state index in [4.69, 9.17) is 0 Å². The highest BCUT2D eigenvalue weighted by Crippen LogP contribution is 2.30. The van der Waals surface area contributed by atoms with E-state index in [-0.39, 0.29) is 5.91 Å².